The summed E-state index contributed by atoms with van der Waals surface area (Å²) in [5, 5.41) is 2.92. The van der Waals surface area contributed by atoms with Crippen LogP contribution in [0.15, 0.2) is 42.5 Å². The van der Waals surface area contributed by atoms with Gasteiger partial charge < -0.3 is 15.0 Å². The number of nitrogens with zero attached hydrogens (tertiary/aromatic N) is 1. The monoisotopic (exact) mass is 352 g/mol. The molecule has 4 heteroatoms. The topological polar surface area (TPSA) is 41.6 Å². The van der Waals surface area contributed by atoms with Crippen LogP contribution in [0.25, 0.3) is 0 Å². The number of piperidine rings is 1. The Balaban J connectivity index is 1.46. The Morgan fingerprint density at radius 1 is 1.04 bits per heavy atom. The minimum Gasteiger partial charge on any atom is -0.483 e. The van der Waals surface area contributed by atoms with Gasteiger partial charge in [-0.25, -0.2) is 0 Å². The molecule has 1 aliphatic rings. The Hall–Kier alpha value is -2.49. The van der Waals surface area contributed by atoms with Crippen molar-refractivity contribution in [2.45, 2.75) is 39.7 Å². The molecule has 0 saturated carbocycles. The molecule has 0 radical (unpaired) electrons. The Labute approximate surface area is 156 Å². The number of rotatable bonds is 6. The smallest absolute Gasteiger partial charge is 0.258 e. The van der Waals surface area contributed by atoms with Crippen LogP contribution >= 0.6 is 0 Å². The number of hydrogen-bond acceptors (Lipinski definition) is 3. The lowest BCUT2D eigenvalue weighted by Gasteiger charge is -2.28. The van der Waals surface area contributed by atoms with E-state index in [9.17, 15) is 4.79 Å². The molecule has 3 rings (SSSR count). The van der Waals surface area contributed by atoms with Gasteiger partial charge in [0.2, 0.25) is 0 Å². The summed E-state index contributed by atoms with van der Waals surface area (Å²) in [6, 6.07) is 14.5. The summed E-state index contributed by atoms with van der Waals surface area (Å²) in [5.74, 6) is 0.664. The van der Waals surface area contributed by atoms with Crippen molar-refractivity contribution in [2.75, 3.05) is 24.6 Å². The van der Waals surface area contributed by atoms with Crippen LogP contribution in [-0.4, -0.2) is 25.6 Å². The van der Waals surface area contributed by atoms with Gasteiger partial charge in [0.05, 0.1) is 0 Å². The molecule has 138 valence electrons. The Morgan fingerprint density at radius 3 is 2.50 bits per heavy atom. The fourth-order valence-corrected chi connectivity index (χ4v) is 3.23. The van der Waals surface area contributed by atoms with Crippen molar-refractivity contribution in [1.29, 1.82) is 0 Å². The van der Waals surface area contributed by atoms with Crippen molar-refractivity contribution in [2.24, 2.45) is 0 Å². The first-order valence-electron chi connectivity index (χ1n) is 9.42. The molecule has 0 aromatic heterocycles. The molecular weight excluding hydrogens is 324 g/mol. The lowest BCUT2D eigenvalue weighted by atomic mass is 10.1. The van der Waals surface area contributed by atoms with Gasteiger partial charge in [-0.2, -0.15) is 0 Å². The second kappa shape index (κ2) is 8.75. The van der Waals surface area contributed by atoms with Gasteiger partial charge in [0.25, 0.3) is 5.91 Å². The first-order chi connectivity index (χ1) is 12.6. The number of hydrogen-bond donors (Lipinski definition) is 1. The minimum atomic E-state index is -0.106. The van der Waals surface area contributed by atoms with Crippen LogP contribution in [-0.2, 0) is 11.3 Å². The summed E-state index contributed by atoms with van der Waals surface area (Å²) in [5.41, 5.74) is 4.54. The molecule has 1 aliphatic heterocycles. The normalized spacial score (nSPS) is 14.2. The second-order valence-corrected chi connectivity index (χ2v) is 7.05. The van der Waals surface area contributed by atoms with Crippen molar-refractivity contribution < 1.29 is 9.53 Å². The van der Waals surface area contributed by atoms with Gasteiger partial charge in [-0.3, -0.25) is 4.79 Å². The lowest BCUT2D eigenvalue weighted by Crippen LogP contribution is -2.29. The zero-order valence-electron chi connectivity index (χ0n) is 15.8. The van der Waals surface area contributed by atoms with Crippen LogP contribution in [0.5, 0.6) is 5.75 Å². The molecule has 0 spiro atoms. The molecule has 0 aliphatic carbocycles. The quantitative estimate of drug-likeness (QED) is 0.855. The van der Waals surface area contributed by atoms with Gasteiger partial charge in [-0.05, 0) is 68.0 Å². The fraction of sp³-hybridized carbons (Fsp3) is 0.409. The van der Waals surface area contributed by atoms with Crippen LogP contribution < -0.4 is 15.0 Å². The van der Waals surface area contributed by atoms with Crippen molar-refractivity contribution >= 4 is 11.6 Å². The lowest BCUT2D eigenvalue weighted by molar-refractivity contribution is -0.123. The standard InChI is InChI=1S/C22H28N2O2/c1-17-6-7-18(2)21(14-17)26-16-22(25)23-15-19-8-10-20(11-9-19)24-12-4-3-5-13-24/h6-11,14H,3-5,12-13,15-16H2,1-2H3,(H,23,25). The third-order valence-electron chi connectivity index (χ3n) is 4.85. The molecule has 1 N–H and O–H groups in total. The molecule has 0 unspecified atom stereocenters. The zero-order valence-corrected chi connectivity index (χ0v) is 15.8. The summed E-state index contributed by atoms with van der Waals surface area (Å²) in [7, 11) is 0. The molecule has 4 nitrogen and oxygen atoms in total. The van der Waals surface area contributed by atoms with Crippen LogP contribution in [0.4, 0.5) is 5.69 Å². The highest BCUT2D eigenvalue weighted by molar-refractivity contribution is 5.77. The van der Waals surface area contributed by atoms with Crippen LogP contribution in [0.3, 0.4) is 0 Å². The zero-order chi connectivity index (χ0) is 18.4. The van der Waals surface area contributed by atoms with E-state index in [0.29, 0.717) is 6.54 Å². The number of ether oxygens (including phenoxy) is 1. The molecule has 1 heterocycles. The van der Waals surface area contributed by atoms with E-state index in [1.54, 1.807) is 0 Å². The molecule has 1 fully saturated rings. The van der Waals surface area contributed by atoms with Crippen LogP contribution in [0.2, 0.25) is 0 Å². The fourth-order valence-electron chi connectivity index (χ4n) is 3.23. The third-order valence-corrected chi connectivity index (χ3v) is 4.85. The van der Waals surface area contributed by atoms with Crippen LogP contribution in [0, 0.1) is 13.8 Å². The van der Waals surface area contributed by atoms with Gasteiger partial charge >= 0.3 is 0 Å². The maximum absolute atomic E-state index is 12.1. The number of amides is 1. The van der Waals surface area contributed by atoms with E-state index in [1.165, 1.54) is 24.9 Å². The van der Waals surface area contributed by atoms with E-state index >= 15 is 0 Å². The molecule has 2 aromatic rings. The molecule has 2 aromatic carbocycles. The highest BCUT2D eigenvalue weighted by atomic mass is 16.5. The summed E-state index contributed by atoms with van der Waals surface area (Å²) >= 11 is 0. The molecular formula is C22H28N2O2. The number of carbonyl (C=O) groups excluding carboxylic acids is 1. The predicted molar refractivity (Wildman–Crippen MR) is 106 cm³/mol. The van der Waals surface area contributed by atoms with E-state index in [0.717, 1.165) is 35.5 Å². The van der Waals surface area contributed by atoms with Crippen molar-refractivity contribution in [3.63, 3.8) is 0 Å². The molecule has 0 atom stereocenters. The first kappa shape index (κ1) is 18.3. The highest BCUT2D eigenvalue weighted by Gasteiger charge is 2.11. The van der Waals surface area contributed by atoms with Gasteiger partial charge in [0.1, 0.15) is 5.75 Å². The SMILES string of the molecule is Cc1ccc(C)c(OCC(=O)NCc2ccc(N3CCCCC3)cc2)c1. The Morgan fingerprint density at radius 2 is 1.77 bits per heavy atom. The average molecular weight is 352 g/mol. The van der Waals surface area contributed by atoms with Crippen molar-refractivity contribution in [1.82, 2.24) is 5.32 Å². The molecule has 1 saturated heterocycles. The third kappa shape index (κ3) is 5.01. The van der Waals surface area contributed by atoms with E-state index in [-0.39, 0.29) is 12.5 Å². The molecule has 0 bridgehead atoms. The van der Waals surface area contributed by atoms with Gasteiger partial charge in [0, 0.05) is 25.3 Å². The van der Waals surface area contributed by atoms with E-state index in [4.69, 9.17) is 4.74 Å². The maximum Gasteiger partial charge on any atom is 0.258 e. The summed E-state index contributed by atoms with van der Waals surface area (Å²) < 4.78 is 5.65. The number of carbonyl (C=O) groups is 1. The number of nitrogens with one attached hydrogen (secondary N) is 1. The van der Waals surface area contributed by atoms with Gasteiger partial charge in [0.15, 0.2) is 6.61 Å². The van der Waals surface area contributed by atoms with E-state index in [1.807, 2.05) is 32.0 Å². The maximum atomic E-state index is 12.1. The minimum absolute atomic E-state index is 0.0379. The second-order valence-electron chi connectivity index (χ2n) is 7.05. The number of aryl methyl sites for hydroxylation is 2. The van der Waals surface area contributed by atoms with Gasteiger partial charge in [-0.1, -0.05) is 24.3 Å². The summed E-state index contributed by atoms with van der Waals surface area (Å²) in [6.07, 6.45) is 3.89. The Kier molecular flexibility index (Phi) is 6.16. The van der Waals surface area contributed by atoms with Crippen molar-refractivity contribution in [3.8, 4) is 5.75 Å². The summed E-state index contributed by atoms with van der Waals surface area (Å²) in [6.45, 7) is 6.85. The largest absolute Gasteiger partial charge is 0.483 e. The number of benzene rings is 2. The van der Waals surface area contributed by atoms with Gasteiger partial charge in [-0.15, -0.1) is 0 Å². The number of anilines is 1. The van der Waals surface area contributed by atoms with Crippen molar-refractivity contribution in [3.05, 3.63) is 59.2 Å². The summed E-state index contributed by atoms with van der Waals surface area (Å²) in [4.78, 5) is 14.5. The first-order valence-corrected chi connectivity index (χ1v) is 9.42. The predicted octanol–water partition coefficient (Wildman–Crippen LogP) is 3.99. The molecule has 1 amide bonds. The van der Waals surface area contributed by atoms with E-state index < -0.39 is 0 Å². The average Bonchev–Trinajstić information content (AvgIpc) is 2.68. The van der Waals surface area contributed by atoms with E-state index in [2.05, 4.69) is 34.5 Å². The molecule has 26 heavy (non-hydrogen) atoms. The van der Waals surface area contributed by atoms with Crippen LogP contribution in [0.1, 0.15) is 36.0 Å². The highest BCUT2D eigenvalue weighted by Crippen LogP contribution is 2.20. The Bertz CT molecular complexity index is 734.